The molecular weight excluding hydrogens is 439 g/mol. The van der Waals surface area contributed by atoms with Gasteiger partial charge in [0, 0.05) is 25.3 Å². The van der Waals surface area contributed by atoms with E-state index in [1.807, 2.05) is 0 Å². The lowest BCUT2D eigenvalue weighted by atomic mass is 10.0. The average Bonchev–Trinajstić information content (AvgIpc) is 3.20. The van der Waals surface area contributed by atoms with Crippen molar-refractivity contribution in [2.24, 2.45) is 0 Å². The van der Waals surface area contributed by atoms with Crippen LogP contribution in [0.5, 0.6) is 0 Å². The van der Waals surface area contributed by atoms with Crippen LogP contribution in [0, 0.1) is 0 Å². The zero-order valence-electron chi connectivity index (χ0n) is 17.8. The second kappa shape index (κ2) is 9.08. The predicted molar refractivity (Wildman–Crippen MR) is 114 cm³/mol. The molecule has 0 unspecified atom stereocenters. The highest BCUT2D eigenvalue weighted by Crippen LogP contribution is 2.36. The Morgan fingerprint density at radius 2 is 1.88 bits per heavy atom. The van der Waals surface area contributed by atoms with Gasteiger partial charge in [-0.2, -0.15) is 13.2 Å². The SMILES string of the molecule is CCOC(=O)c1ccccc1NC(=O)N1CCC(n2c(C(F)(F)F)nc3cccnc32)CC1. The third-order valence-electron chi connectivity index (χ3n) is 5.48. The summed E-state index contributed by atoms with van der Waals surface area (Å²) in [4.78, 5) is 34.3. The summed E-state index contributed by atoms with van der Waals surface area (Å²) in [6.07, 6.45) is -2.58. The largest absolute Gasteiger partial charge is 0.462 e. The lowest BCUT2D eigenvalue weighted by molar-refractivity contribution is -0.147. The Morgan fingerprint density at radius 1 is 1.15 bits per heavy atom. The van der Waals surface area contributed by atoms with Gasteiger partial charge in [0.1, 0.15) is 5.52 Å². The Hall–Kier alpha value is -3.63. The number of ether oxygens (including phenoxy) is 1. The summed E-state index contributed by atoms with van der Waals surface area (Å²) in [5.41, 5.74) is 0.900. The number of amides is 2. The van der Waals surface area contributed by atoms with Crippen LogP contribution < -0.4 is 5.32 Å². The molecule has 1 saturated heterocycles. The van der Waals surface area contributed by atoms with Crippen LogP contribution in [0.3, 0.4) is 0 Å². The fourth-order valence-corrected chi connectivity index (χ4v) is 3.98. The molecular formula is C22H22F3N5O3. The number of carbonyl (C=O) groups is 2. The van der Waals surface area contributed by atoms with Gasteiger partial charge in [0.25, 0.3) is 0 Å². The number of benzene rings is 1. The Balaban J connectivity index is 1.49. The molecule has 33 heavy (non-hydrogen) atoms. The van der Waals surface area contributed by atoms with Crippen molar-refractivity contribution in [1.82, 2.24) is 19.4 Å². The number of para-hydroxylation sites is 1. The number of carbonyl (C=O) groups excluding carboxylic acids is 2. The number of nitrogens with one attached hydrogen (secondary N) is 1. The van der Waals surface area contributed by atoms with Crippen molar-refractivity contribution in [1.29, 1.82) is 0 Å². The zero-order chi connectivity index (χ0) is 23.6. The lowest BCUT2D eigenvalue weighted by Gasteiger charge is -2.33. The molecule has 1 fully saturated rings. The number of fused-ring (bicyclic) bond motifs is 1. The smallest absolute Gasteiger partial charge is 0.449 e. The summed E-state index contributed by atoms with van der Waals surface area (Å²) in [5.74, 6) is -1.53. The van der Waals surface area contributed by atoms with Crippen LogP contribution in [-0.2, 0) is 10.9 Å². The van der Waals surface area contributed by atoms with E-state index >= 15 is 0 Å². The Morgan fingerprint density at radius 3 is 2.58 bits per heavy atom. The number of piperidine rings is 1. The molecule has 3 heterocycles. The molecule has 0 atom stereocenters. The number of nitrogens with zero attached hydrogens (tertiary/aromatic N) is 4. The maximum atomic E-state index is 13.6. The first-order valence-electron chi connectivity index (χ1n) is 10.5. The average molecular weight is 461 g/mol. The first kappa shape index (κ1) is 22.6. The number of pyridine rings is 1. The number of likely N-dealkylation sites (tertiary alicyclic amines) is 1. The number of anilines is 1. The molecule has 0 radical (unpaired) electrons. The first-order valence-corrected chi connectivity index (χ1v) is 10.5. The molecule has 2 aromatic heterocycles. The standard InChI is InChI=1S/C22H22F3N5O3/c1-2-33-19(31)15-6-3-4-7-16(15)28-21(32)29-12-9-14(10-13-29)30-18-17(8-5-11-26-18)27-20(30)22(23,24)25/h3-8,11,14H,2,9-10,12-13H2,1H3,(H,28,32). The maximum absolute atomic E-state index is 13.6. The van der Waals surface area contributed by atoms with E-state index in [1.165, 1.54) is 17.2 Å². The minimum atomic E-state index is -4.62. The molecule has 8 nitrogen and oxygen atoms in total. The van der Waals surface area contributed by atoms with E-state index in [0.717, 1.165) is 4.57 Å². The van der Waals surface area contributed by atoms with Gasteiger partial charge in [-0.3, -0.25) is 0 Å². The topological polar surface area (TPSA) is 89.4 Å². The van der Waals surface area contributed by atoms with Gasteiger partial charge in [0.15, 0.2) is 5.65 Å². The number of rotatable bonds is 4. The molecule has 1 N–H and O–H groups in total. The van der Waals surface area contributed by atoms with Crippen molar-refractivity contribution in [2.75, 3.05) is 25.0 Å². The van der Waals surface area contributed by atoms with Gasteiger partial charge in [0.05, 0.1) is 17.9 Å². The van der Waals surface area contributed by atoms with Gasteiger partial charge in [-0.1, -0.05) is 12.1 Å². The fraction of sp³-hybridized carbons (Fsp3) is 0.364. The number of imidazole rings is 1. The molecule has 11 heteroatoms. The maximum Gasteiger partial charge on any atom is 0.449 e. The molecule has 0 spiro atoms. The number of hydrogen-bond donors (Lipinski definition) is 1. The van der Waals surface area contributed by atoms with Crippen LogP contribution in [0.25, 0.3) is 11.2 Å². The number of urea groups is 1. The van der Waals surface area contributed by atoms with E-state index in [-0.39, 0.29) is 36.4 Å². The number of aromatic nitrogens is 3. The molecule has 0 bridgehead atoms. The molecule has 2 amide bonds. The highest BCUT2D eigenvalue weighted by Gasteiger charge is 2.40. The lowest BCUT2D eigenvalue weighted by Crippen LogP contribution is -2.42. The minimum Gasteiger partial charge on any atom is -0.462 e. The summed E-state index contributed by atoms with van der Waals surface area (Å²) in [6, 6.07) is 8.59. The Kier molecular flexibility index (Phi) is 6.21. The van der Waals surface area contributed by atoms with Crippen LogP contribution in [-0.4, -0.2) is 51.1 Å². The van der Waals surface area contributed by atoms with Gasteiger partial charge in [-0.05, 0) is 44.0 Å². The molecule has 174 valence electrons. The summed E-state index contributed by atoms with van der Waals surface area (Å²) in [6.45, 7) is 2.36. The van der Waals surface area contributed by atoms with E-state index in [4.69, 9.17) is 4.74 Å². The number of esters is 1. The second-order valence-electron chi connectivity index (χ2n) is 7.56. The molecule has 1 aliphatic rings. The predicted octanol–water partition coefficient (Wildman–Crippen LogP) is 4.50. The molecule has 0 saturated carbocycles. The van der Waals surface area contributed by atoms with Crippen LogP contribution >= 0.6 is 0 Å². The highest BCUT2D eigenvalue weighted by atomic mass is 19.4. The van der Waals surface area contributed by atoms with Crippen molar-refractivity contribution in [3.63, 3.8) is 0 Å². The van der Waals surface area contributed by atoms with Crippen LogP contribution in [0.1, 0.15) is 42.0 Å². The highest BCUT2D eigenvalue weighted by molar-refractivity contribution is 6.00. The molecule has 3 aromatic rings. The van der Waals surface area contributed by atoms with Crippen molar-refractivity contribution < 1.29 is 27.5 Å². The normalized spacial score (nSPS) is 15.0. The molecule has 1 aromatic carbocycles. The molecule has 0 aliphatic carbocycles. The van der Waals surface area contributed by atoms with E-state index in [1.54, 1.807) is 37.3 Å². The minimum absolute atomic E-state index is 0.177. The first-order chi connectivity index (χ1) is 15.8. The monoisotopic (exact) mass is 461 g/mol. The summed E-state index contributed by atoms with van der Waals surface area (Å²) < 4.78 is 47.0. The fourth-order valence-electron chi connectivity index (χ4n) is 3.98. The van der Waals surface area contributed by atoms with E-state index < -0.39 is 30.0 Å². The Labute approximate surface area is 187 Å². The summed E-state index contributed by atoms with van der Waals surface area (Å²) >= 11 is 0. The van der Waals surface area contributed by atoms with Gasteiger partial charge in [-0.25, -0.2) is 19.6 Å². The quantitative estimate of drug-likeness (QED) is 0.578. The van der Waals surface area contributed by atoms with Crippen molar-refractivity contribution >= 4 is 28.9 Å². The van der Waals surface area contributed by atoms with Gasteiger partial charge < -0.3 is 19.5 Å². The van der Waals surface area contributed by atoms with Crippen LogP contribution in [0.15, 0.2) is 42.6 Å². The molecule has 1 aliphatic heterocycles. The number of alkyl halides is 3. The third-order valence-corrected chi connectivity index (χ3v) is 5.48. The second-order valence-corrected chi connectivity index (χ2v) is 7.56. The van der Waals surface area contributed by atoms with E-state index in [9.17, 15) is 22.8 Å². The van der Waals surface area contributed by atoms with Crippen molar-refractivity contribution in [2.45, 2.75) is 32.0 Å². The van der Waals surface area contributed by atoms with Gasteiger partial charge in [0.2, 0.25) is 5.82 Å². The Bertz CT molecular complexity index is 1170. The van der Waals surface area contributed by atoms with E-state index in [2.05, 4.69) is 15.3 Å². The zero-order valence-corrected chi connectivity index (χ0v) is 17.8. The van der Waals surface area contributed by atoms with Gasteiger partial charge in [-0.15, -0.1) is 0 Å². The number of hydrogen-bond acceptors (Lipinski definition) is 5. The van der Waals surface area contributed by atoms with Gasteiger partial charge >= 0.3 is 18.2 Å². The molecule has 4 rings (SSSR count). The third kappa shape index (κ3) is 4.62. The van der Waals surface area contributed by atoms with Crippen molar-refractivity contribution in [3.05, 3.63) is 54.0 Å². The van der Waals surface area contributed by atoms with Crippen LogP contribution in [0.4, 0.5) is 23.7 Å². The van der Waals surface area contributed by atoms with Crippen molar-refractivity contribution in [3.8, 4) is 0 Å². The summed E-state index contributed by atoms with van der Waals surface area (Å²) in [5, 5.41) is 2.71. The van der Waals surface area contributed by atoms with Crippen LogP contribution in [0.2, 0.25) is 0 Å². The van der Waals surface area contributed by atoms with E-state index in [0.29, 0.717) is 18.5 Å². The summed E-state index contributed by atoms with van der Waals surface area (Å²) in [7, 11) is 0. The number of halogens is 3.